The van der Waals surface area contributed by atoms with Gasteiger partial charge >= 0.3 is 0 Å². The van der Waals surface area contributed by atoms with E-state index in [2.05, 4.69) is 16.0 Å². The van der Waals surface area contributed by atoms with Crippen LogP contribution in [0.5, 0.6) is 0 Å². The molecule has 4 aromatic rings. The minimum atomic E-state index is -1.97. The highest BCUT2D eigenvalue weighted by Crippen LogP contribution is 2.34. The normalized spacial score (nSPS) is 13.4. The molecular weight excluding hydrogens is 615 g/mol. The van der Waals surface area contributed by atoms with Crippen molar-refractivity contribution in [2.75, 3.05) is 10.2 Å². The zero-order chi connectivity index (χ0) is 29.9. The molecule has 5 rings (SSSR count). The molecule has 1 aliphatic heterocycles. The average Bonchev–Trinajstić information content (AvgIpc) is 3.23. The number of carbonyl (C=O) groups is 3. The first-order valence-electron chi connectivity index (χ1n) is 12.8. The summed E-state index contributed by atoms with van der Waals surface area (Å²) in [6, 6.07) is 30.8. The first-order chi connectivity index (χ1) is 20.1. The lowest BCUT2D eigenvalue weighted by atomic mass is 10.0. The number of amides is 3. The van der Waals surface area contributed by atoms with Crippen LogP contribution in [0.25, 0.3) is 11.1 Å². The number of hydrogen-bond acceptors (Lipinski definition) is 4. The molecule has 1 atom stereocenters. The Labute approximate surface area is 262 Å². The van der Waals surface area contributed by atoms with E-state index in [9.17, 15) is 14.4 Å². The van der Waals surface area contributed by atoms with E-state index < -0.39 is 27.7 Å². The molecule has 0 fully saturated rings. The van der Waals surface area contributed by atoms with Crippen molar-refractivity contribution in [1.29, 1.82) is 0 Å². The second kappa shape index (κ2) is 12.5. The van der Waals surface area contributed by atoms with Crippen molar-refractivity contribution < 1.29 is 14.4 Å². The zero-order valence-electron chi connectivity index (χ0n) is 21.8. The number of imide groups is 1. The van der Waals surface area contributed by atoms with Gasteiger partial charge in [0.2, 0.25) is 9.70 Å². The van der Waals surface area contributed by atoms with Crippen LogP contribution < -0.4 is 20.9 Å². The molecule has 0 saturated heterocycles. The van der Waals surface area contributed by atoms with Crippen LogP contribution >= 0.6 is 47.0 Å². The van der Waals surface area contributed by atoms with Gasteiger partial charge in [0.15, 0.2) is 5.11 Å². The second-order valence-electron chi connectivity index (χ2n) is 9.39. The molecular formula is C31H23Cl3N4O3S. The molecule has 3 amide bonds. The fourth-order valence-electron chi connectivity index (χ4n) is 4.51. The third-order valence-electron chi connectivity index (χ3n) is 6.52. The maximum absolute atomic E-state index is 13.0. The summed E-state index contributed by atoms with van der Waals surface area (Å²) in [5, 5.41) is 8.42. The number of halogens is 3. The summed E-state index contributed by atoms with van der Waals surface area (Å²) < 4.78 is -1.97. The highest BCUT2D eigenvalue weighted by atomic mass is 35.6. The molecule has 11 heteroatoms. The van der Waals surface area contributed by atoms with E-state index in [1.54, 1.807) is 48.5 Å². The van der Waals surface area contributed by atoms with E-state index in [0.29, 0.717) is 22.5 Å². The Morgan fingerprint density at radius 2 is 1.29 bits per heavy atom. The molecule has 7 nitrogen and oxygen atoms in total. The van der Waals surface area contributed by atoms with Gasteiger partial charge in [-0.3, -0.25) is 14.4 Å². The zero-order valence-corrected chi connectivity index (χ0v) is 24.9. The Morgan fingerprint density at radius 1 is 0.738 bits per heavy atom. The number of anilines is 2. The van der Waals surface area contributed by atoms with Crippen LogP contribution in [0.15, 0.2) is 103 Å². The Hall–Kier alpha value is -3.95. The number of benzene rings is 4. The van der Waals surface area contributed by atoms with Crippen LogP contribution in [0, 0.1) is 0 Å². The number of nitrogens with zero attached hydrogens (tertiary/aromatic N) is 1. The number of fused-ring (bicyclic) bond motifs is 1. The maximum atomic E-state index is 13.0. The first kappa shape index (κ1) is 29.5. The van der Waals surface area contributed by atoms with E-state index >= 15 is 0 Å². The number of para-hydroxylation sites is 2. The van der Waals surface area contributed by atoms with Gasteiger partial charge in [-0.2, -0.15) is 0 Å². The van der Waals surface area contributed by atoms with Gasteiger partial charge in [0.05, 0.1) is 28.9 Å². The Kier molecular flexibility index (Phi) is 8.80. The van der Waals surface area contributed by atoms with Crippen molar-refractivity contribution >= 4 is 81.2 Å². The van der Waals surface area contributed by atoms with Crippen molar-refractivity contribution in [2.24, 2.45) is 0 Å². The topological polar surface area (TPSA) is 90.5 Å². The molecule has 1 heterocycles. The standard InChI is InChI=1S/C31H23Cl3N4O3S/c32-31(33,34)29(36-26(39)18-19-14-16-21(17-15-19)20-8-2-1-3-9-20)37-30(42)35-24-12-6-7-13-25(24)38-27(40)22-10-4-5-11-23(22)28(38)41/h1-17,29H,18H2,(H,36,39)(H2,35,37,42). The van der Waals surface area contributed by atoms with Crippen LogP contribution in [-0.4, -0.2) is 32.8 Å². The average molecular weight is 638 g/mol. The SMILES string of the molecule is O=C(Cc1ccc(-c2ccccc2)cc1)NC(NC(=S)Nc1ccccc1N1C(=O)c2ccccc2C1=O)C(Cl)(Cl)Cl. The quantitative estimate of drug-likeness (QED) is 0.0929. The molecule has 1 aliphatic rings. The highest BCUT2D eigenvalue weighted by Gasteiger charge is 2.38. The van der Waals surface area contributed by atoms with Crippen LogP contribution in [0.1, 0.15) is 26.3 Å². The number of hydrogen-bond donors (Lipinski definition) is 3. The van der Waals surface area contributed by atoms with Crippen LogP contribution in [0.2, 0.25) is 0 Å². The molecule has 4 aromatic carbocycles. The Balaban J connectivity index is 1.25. The molecule has 0 aliphatic carbocycles. The molecule has 0 aromatic heterocycles. The smallest absolute Gasteiger partial charge is 0.266 e. The van der Waals surface area contributed by atoms with Gasteiger partial charge in [0.1, 0.15) is 6.17 Å². The van der Waals surface area contributed by atoms with Crippen molar-refractivity contribution in [2.45, 2.75) is 16.4 Å². The number of rotatable bonds is 7. The molecule has 0 spiro atoms. The summed E-state index contributed by atoms with van der Waals surface area (Å²) in [5.41, 5.74) is 4.14. The van der Waals surface area contributed by atoms with E-state index in [4.69, 9.17) is 47.0 Å². The van der Waals surface area contributed by atoms with Crippen LogP contribution in [-0.2, 0) is 11.2 Å². The number of alkyl halides is 3. The van der Waals surface area contributed by atoms with Gasteiger partial charge in [0, 0.05) is 0 Å². The fraction of sp³-hybridized carbons (Fsp3) is 0.0968. The summed E-state index contributed by atoms with van der Waals surface area (Å²) in [6.07, 6.45) is -1.17. The fourth-order valence-corrected chi connectivity index (χ4v) is 5.07. The third kappa shape index (κ3) is 6.58. The molecule has 1 unspecified atom stereocenters. The van der Waals surface area contributed by atoms with Gasteiger partial charge in [-0.15, -0.1) is 0 Å². The summed E-state index contributed by atoms with van der Waals surface area (Å²) in [4.78, 5) is 40.1. The van der Waals surface area contributed by atoms with Crippen LogP contribution in [0.4, 0.5) is 11.4 Å². The first-order valence-corrected chi connectivity index (χ1v) is 14.3. The lowest BCUT2D eigenvalue weighted by Crippen LogP contribution is -2.56. The van der Waals surface area contributed by atoms with Crippen molar-refractivity contribution in [3.63, 3.8) is 0 Å². The highest BCUT2D eigenvalue weighted by molar-refractivity contribution is 7.80. The van der Waals surface area contributed by atoms with E-state index in [1.165, 1.54) is 0 Å². The Bertz CT molecular complexity index is 1630. The maximum Gasteiger partial charge on any atom is 0.266 e. The van der Waals surface area contributed by atoms with Gasteiger partial charge in [-0.05, 0) is 53.2 Å². The summed E-state index contributed by atoms with van der Waals surface area (Å²) in [7, 11) is 0. The second-order valence-corrected chi connectivity index (χ2v) is 12.2. The third-order valence-corrected chi connectivity index (χ3v) is 7.40. The summed E-state index contributed by atoms with van der Waals surface area (Å²) in [6.45, 7) is 0. The summed E-state index contributed by atoms with van der Waals surface area (Å²) in [5.74, 6) is -1.31. The molecule has 212 valence electrons. The summed E-state index contributed by atoms with van der Waals surface area (Å²) >= 11 is 24.0. The molecule has 0 bridgehead atoms. The molecule has 3 N–H and O–H groups in total. The van der Waals surface area contributed by atoms with Crippen molar-refractivity contribution in [3.05, 3.63) is 120 Å². The number of nitrogens with one attached hydrogen (secondary N) is 3. The molecule has 0 saturated carbocycles. The minimum absolute atomic E-state index is 0.0112. The van der Waals surface area contributed by atoms with E-state index in [-0.39, 0.29) is 11.5 Å². The Morgan fingerprint density at radius 3 is 1.90 bits per heavy atom. The van der Waals surface area contributed by atoms with Gasteiger partial charge in [0.25, 0.3) is 11.8 Å². The van der Waals surface area contributed by atoms with Crippen LogP contribution in [0.3, 0.4) is 0 Å². The lowest BCUT2D eigenvalue weighted by Gasteiger charge is -2.28. The number of thiocarbonyl (C=S) groups is 1. The van der Waals surface area contributed by atoms with E-state index in [0.717, 1.165) is 21.6 Å². The molecule has 42 heavy (non-hydrogen) atoms. The van der Waals surface area contributed by atoms with Crippen molar-refractivity contribution in [1.82, 2.24) is 10.6 Å². The minimum Gasteiger partial charge on any atom is -0.339 e. The largest absolute Gasteiger partial charge is 0.339 e. The predicted molar refractivity (Wildman–Crippen MR) is 171 cm³/mol. The van der Waals surface area contributed by atoms with Gasteiger partial charge in [-0.25, -0.2) is 4.90 Å². The predicted octanol–water partition coefficient (Wildman–Crippen LogP) is 6.50. The van der Waals surface area contributed by atoms with Gasteiger partial charge < -0.3 is 16.0 Å². The van der Waals surface area contributed by atoms with Crippen molar-refractivity contribution in [3.8, 4) is 11.1 Å². The van der Waals surface area contributed by atoms with E-state index in [1.807, 2.05) is 54.6 Å². The molecule has 0 radical (unpaired) electrons. The van der Waals surface area contributed by atoms with Gasteiger partial charge in [-0.1, -0.05) is 114 Å². The monoisotopic (exact) mass is 636 g/mol. The number of carbonyl (C=O) groups excluding carboxylic acids is 3. The lowest BCUT2D eigenvalue weighted by molar-refractivity contribution is -0.121.